The van der Waals surface area contributed by atoms with Crippen LogP contribution in [0, 0.1) is 0 Å². The number of nitrogens with one attached hydrogen (secondary N) is 2. The Morgan fingerprint density at radius 2 is 2.03 bits per heavy atom. The summed E-state index contributed by atoms with van der Waals surface area (Å²) in [6, 6.07) is 5.29. The first-order valence-corrected chi connectivity index (χ1v) is 10.9. The van der Waals surface area contributed by atoms with Gasteiger partial charge in [0.25, 0.3) is 5.92 Å². The fraction of sp³-hybridized carbons (Fsp3) is 0.545. The number of piperidine rings is 1. The number of aromatic nitrogens is 3. The predicted octanol–water partition coefficient (Wildman–Crippen LogP) is 2.94. The van der Waals surface area contributed by atoms with Crippen LogP contribution in [-0.2, 0) is 4.79 Å². The molecule has 2 atom stereocenters. The largest absolute Gasteiger partial charge is 0.473 e. The molecule has 2 aliphatic rings. The third-order valence-corrected chi connectivity index (χ3v) is 6.28. The summed E-state index contributed by atoms with van der Waals surface area (Å²) in [5.41, 5.74) is -0.00567. The lowest BCUT2D eigenvalue weighted by Crippen LogP contribution is -2.52. The minimum absolute atomic E-state index is 0.00647. The quantitative estimate of drug-likeness (QED) is 0.706. The molecule has 172 valence electrons. The van der Waals surface area contributed by atoms with Crippen LogP contribution in [0.5, 0.6) is 5.88 Å². The van der Waals surface area contributed by atoms with Crippen LogP contribution in [0.25, 0.3) is 0 Å². The molecule has 32 heavy (non-hydrogen) atoms. The molecule has 2 aromatic rings. The number of carbonyl (C=O) groups is 1. The summed E-state index contributed by atoms with van der Waals surface area (Å²) in [7, 11) is 0. The molecule has 2 fully saturated rings. The molecule has 0 radical (unpaired) electrons. The summed E-state index contributed by atoms with van der Waals surface area (Å²) in [6.07, 6.45) is 5.42. The Labute approximate surface area is 184 Å². The second-order valence-electron chi connectivity index (χ2n) is 8.49. The molecule has 3 heterocycles. The van der Waals surface area contributed by atoms with Crippen molar-refractivity contribution < 1.29 is 18.3 Å². The Morgan fingerprint density at radius 1 is 1.25 bits per heavy atom. The van der Waals surface area contributed by atoms with Crippen molar-refractivity contribution in [2.24, 2.45) is 0 Å². The van der Waals surface area contributed by atoms with E-state index in [1.807, 2.05) is 0 Å². The van der Waals surface area contributed by atoms with Crippen molar-refractivity contribution in [3.63, 3.8) is 0 Å². The van der Waals surface area contributed by atoms with Gasteiger partial charge in [-0.2, -0.15) is 0 Å². The van der Waals surface area contributed by atoms with Crippen LogP contribution in [-0.4, -0.2) is 57.1 Å². The van der Waals surface area contributed by atoms with Gasteiger partial charge in [0.1, 0.15) is 6.10 Å². The minimum Gasteiger partial charge on any atom is -0.473 e. The molecule has 1 saturated heterocycles. The van der Waals surface area contributed by atoms with Crippen molar-refractivity contribution in [1.82, 2.24) is 20.1 Å². The molecule has 1 unspecified atom stereocenters. The van der Waals surface area contributed by atoms with E-state index in [0.717, 1.165) is 25.7 Å². The molecular formula is C22H27F2N5O3. The minimum atomic E-state index is -2.93. The number of rotatable bonds is 6. The highest BCUT2D eigenvalue weighted by molar-refractivity contribution is 5.93. The fourth-order valence-corrected chi connectivity index (χ4v) is 4.29. The maximum Gasteiger partial charge on any atom is 0.257 e. The lowest BCUT2D eigenvalue weighted by Gasteiger charge is -2.40. The Bertz CT molecular complexity index is 971. The number of alkyl halides is 2. The third kappa shape index (κ3) is 5.12. The number of aromatic amines is 1. The molecule has 0 spiro atoms. The molecule has 0 aromatic carbocycles. The molecule has 1 saturated carbocycles. The first-order chi connectivity index (χ1) is 15.3. The Morgan fingerprint density at radius 3 is 2.69 bits per heavy atom. The number of H-pyrrole nitrogens is 1. The highest BCUT2D eigenvalue weighted by Crippen LogP contribution is 2.40. The number of nitrogens with zero attached hydrogens (tertiary/aromatic N) is 3. The number of anilines is 1. The molecule has 4 rings (SSSR count). The van der Waals surface area contributed by atoms with E-state index in [-0.39, 0.29) is 42.9 Å². The first-order valence-electron chi connectivity index (χ1n) is 10.9. The van der Waals surface area contributed by atoms with Gasteiger partial charge in [0.15, 0.2) is 5.82 Å². The van der Waals surface area contributed by atoms with Crippen molar-refractivity contribution in [2.75, 3.05) is 18.4 Å². The topological polar surface area (TPSA) is 100 Å². The van der Waals surface area contributed by atoms with Crippen LogP contribution in [0.2, 0.25) is 0 Å². The molecule has 1 aliphatic carbocycles. The number of halogens is 2. The average Bonchev–Trinajstić information content (AvgIpc) is 3.28. The monoisotopic (exact) mass is 447 g/mol. The summed E-state index contributed by atoms with van der Waals surface area (Å²) >= 11 is 0. The van der Waals surface area contributed by atoms with Crippen molar-refractivity contribution >= 4 is 11.7 Å². The van der Waals surface area contributed by atoms with E-state index >= 15 is 0 Å². The van der Waals surface area contributed by atoms with Crippen molar-refractivity contribution in [1.29, 1.82) is 0 Å². The van der Waals surface area contributed by atoms with Crippen molar-refractivity contribution in [3.05, 3.63) is 46.4 Å². The van der Waals surface area contributed by atoms with Crippen LogP contribution in [0.1, 0.15) is 50.5 Å². The van der Waals surface area contributed by atoms with Crippen LogP contribution in [0.15, 0.2) is 35.3 Å². The molecule has 2 aromatic heterocycles. The zero-order chi connectivity index (χ0) is 22.7. The first kappa shape index (κ1) is 22.3. The molecule has 1 amide bonds. The number of pyridine rings is 1. The van der Waals surface area contributed by atoms with Crippen LogP contribution in [0.3, 0.4) is 0 Å². The maximum absolute atomic E-state index is 14.6. The second kappa shape index (κ2) is 9.32. The Balaban J connectivity index is 1.37. The Hall–Kier alpha value is -2.88. The van der Waals surface area contributed by atoms with E-state index in [1.54, 1.807) is 24.0 Å². The van der Waals surface area contributed by atoms with Crippen LogP contribution in [0.4, 0.5) is 14.6 Å². The lowest BCUT2D eigenvalue weighted by atomic mass is 9.87. The number of likely N-dealkylation sites (tertiary alicyclic amines) is 1. The molecule has 0 bridgehead atoms. The maximum atomic E-state index is 14.6. The summed E-state index contributed by atoms with van der Waals surface area (Å²) in [6.45, 7) is 1.75. The van der Waals surface area contributed by atoms with E-state index in [0.29, 0.717) is 11.4 Å². The van der Waals surface area contributed by atoms with E-state index in [2.05, 4.69) is 20.5 Å². The highest BCUT2D eigenvalue weighted by Gasteiger charge is 2.46. The third-order valence-electron chi connectivity index (χ3n) is 6.28. The molecule has 10 heteroatoms. The SMILES string of the molecule is CC(C(=O)Nc1ccc(OC2CCCC2)nn1)N1CCC(F)(F)[C@@H](c2ccc(=O)[nH]c2)C1. The van der Waals surface area contributed by atoms with E-state index in [1.165, 1.54) is 18.3 Å². The summed E-state index contributed by atoms with van der Waals surface area (Å²) < 4.78 is 34.9. The average molecular weight is 447 g/mol. The van der Waals surface area contributed by atoms with Gasteiger partial charge in [-0.3, -0.25) is 14.5 Å². The second-order valence-corrected chi connectivity index (χ2v) is 8.49. The molecule has 2 N–H and O–H groups in total. The zero-order valence-electron chi connectivity index (χ0n) is 17.9. The van der Waals surface area contributed by atoms with Gasteiger partial charge in [-0.05, 0) is 44.2 Å². The highest BCUT2D eigenvalue weighted by atomic mass is 19.3. The predicted molar refractivity (Wildman–Crippen MR) is 114 cm³/mol. The normalized spacial score (nSPS) is 22.4. The standard InChI is InChI=1S/C22H27F2N5O3/c1-14(21(31)26-18-7-9-20(28-27-18)32-16-4-2-3-5-16)29-11-10-22(23,24)17(13-29)15-6-8-19(30)25-12-15/h6-9,12,14,16-17H,2-5,10-11,13H2,1H3,(H,25,30)(H,26,27,31)/t14?,17-/m1/s1. The van der Waals surface area contributed by atoms with Crippen LogP contribution < -0.4 is 15.6 Å². The number of ether oxygens (including phenoxy) is 1. The number of hydrogen-bond donors (Lipinski definition) is 2. The number of amides is 1. The van der Waals surface area contributed by atoms with Gasteiger partial charge >= 0.3 is 0 Å². The van der Waals surface area contributed by atoms with Crippen molar-refractivity contribution in [3.8, 4) is 5.88 Å². The summed E-state index contributed by atoms with van der Waals surface area (Å²) in [5, 5.41) is 10.7. The summed E-state index contributed by atoms with van der Waals surface area (Å²) in [4.78, 5) is 28.2. The lowest BCUT2D eigenvalue weighted by molar-refractivity contribution is -0.125. The van der Waals surface area contributed by atoms with Crippen LogP contribution >= 0.6 is 0 Å². The van der Waals surface area contributed by atoms with E-state index in [4.69, 9.17) is 4.74 Å². The van der Waals surface area contributed by atoms with Gasteiger partial charge in [0, 0.05) is 37.8 Å². The van der Waals surface area contributed by atoms with Gasteiger partial charge in [0.05, 0.1) is 12.0 Å². The van der Waals surface area contributed by atoms with Gasteiger partial charge < -0.3 is 15.0 Å². The number of carbonyl (C=O) groups excluding carboxylic acids is 1. The van der Waals surface area contributed by atoms with Gasteiger partial charge in [-0.15, -0.1) is 10.2 Å². The fourth-order valence-electron chi connectivity index (χ4n) is 4.29. The number of hydrogen-bond acceptors (Lipinski definition) is 6. The van der Waals surface area contributed by atoms with Gasteiger partial charge in [-0.1, -0.05) is 6.07 Å². The van der Waals surface area contributed by atoms with E-state index < -0.39 is 17.9 Å². The molecular weight excluding hydrogens is 420 g/mol. The zero-order valence-corrected chi connectivity index (χ0v) is 17.9. The Kier molecular flexibility index (Phi) is 6.50. The molecule has 1 aliphatic heterocycles. The molecule has 8 nitrogen and oxygen atoms in total. The van der Waals surface area contributed by atoms with Gasteiger partial charge in [-0.25, -0.2) is 8.78 Å². The smallest absolute Gasteiger partial charge is 0.257 e. The van der Waals surface area contributed by atoms with E-state index in [9.17, 15) is 18.4 Å². The summed E-state index contributed by atoms with van der Waals surface area (Å²) in [5.74, 6) is -3.69. The van der Waals surface area contributed by atoms with Crippen molar-refractivity contribution in [2.45, 2.75) is 63.0 Å². The van der Waals surface area contributed by atoms with Gasteiger partial charge in [0.2, 0.25) is 17.3 Å².